The number of fused-ring (bicyclic) bond motifs is 1. The van der Waals surface area contributed by atoms with Crippen molar-refractivity contribution in [1.29, 1.82) is 0 Å². The molecule has 4 aromatic rings. The smallest absolute Gasteiger partial charge is 0.273 e. The zero-order chi connectivity index (χ0) is 25.8. The van der Waals surface area contributed by atoms with E-state index in [4.69, 9.17) is 13.9 Å². The number of nitro benzene ring substituents is 1. The van der Waals surface area contributed by atoms with Crippen molar-refractivity contribution in [2.45, 2.75) is 13.8 Å². The Morgan fingerprint density at radius 1 is 1.14 bits per heavy atom. The normalized spacial score (nSPS) is 11.4. The molecule has 0 aliphatic carbocycles. The van der Waals surface area contributed by atoms with E-state index in [1.54, 1.807) is 31.4 Å². The number of ether oxygens (including phenoxy) is 2. The third-order valence-corrected chi connectivity index (χ3v) is 5.56. The van der Waals surface area contributed by atoms with Gasteiger partial charge in [-0.3, -0.25) is 14.9 Å². The highest BCUT2D eigenvalue weighted by Crippen LogP contribution is 2.38. The number of non-ortho nitro benzene ring substituents is 1. The second-order valence-electron chi connectivity index (χ2n) is 7.89. The van der Waals surface area contributed by atoms with Crippen molar-refractivity contribution in [2.24, 2.45) is 0 Å². The lowest BCUT2D eigenvalue weighted by Crippen LogP contribution is -2.10. The van der Waals surface area contributed by atoms with Gasteiger partial charge in [0.15, 0.2) is 0 Å². The molecule has 0 saturated heterocycles. The van der Waals surface area contributed by atoms with Gasteiger partial charge in [0.1, 0.15) is 22.9 Å². The van der Waals surface area contributed by atoms with E-state index in [2.05, 4.69) is 5.32 Å². The van der Waals surface area contributed by atoms with Gasteiger partial charge >= 0.3 is 0 Å². The van der Waals surface area contributed by atoms with Gasteiger partial charge in [0.2, 0.25) is 5.91 Å². The van der Waals surface area contributed by atoms with Crippen LogP contribution in [-0.4, -0.2) is 24.5 Å². The van der Waals surface area contributed by atoms with Gasteiger partial charge in [-0.2, -0.15) is 0 Å². The zero-order valence-corrected chi connectivity index (χ0v) is 19.8. The minimum atomic E-state index is -0.542. The van der Waals surface area contributed by atoms with E-state index in [9.17, 15) is 19.3 Å². The number of nitrogens with one attached hydrogen (secondary N) is 1. The number of hydrogen-bond acceptors (Lipinski definition) is 6. The van der Waals surface area contributed by atoms with Crippen LogP contribution in [0.4, 0.5) is 15.8 Å². The van der Waals surface area contributed by atoms with Crippen molar-refractivity contribution in [3.8, 4) is 22.6 Å². The summed E-state index contributed by atoms with van der Waals surface area (Å²) in [6.07, 6.45) is 3.01. The lowest BCUT2D eigenvalue weighted by Gasteiger charge is -2.12. The van der Waals surface area contributed by atoms with Crippen molar-refractivity contribution in [1.82, 2.24) is 0 Å². The highest BCUT2D eigenvalue weighted by molar-refractivity contribution is 6.06. The first kappa shape index (κ1) is 24.5. The Balaban J connectivity index is 1.69. The number of hydrogen-bond donors (Lipinski definition) is 1. The average molecular weight is 490 g/mol. The Labute approximate surface area is 206 Å². The van der Waals surface area contributed by atoms with Crippen molar-refractivity contribution in [3.63, 3.8) is 0 Å². The van der Waals surface area contributed by atoms with Crippen molar-refractivity contribution < 1.29 is 28.0 Å². The van der Waals surface area contributed by atoms with Crippen molar-refractivity contribution >= 4 is 33.8 Å². The maximum atomic E-state index is 13.4. The first-order valence-electron chi connectivity index (χ1n) is 11.1. The number of benzene rings is 3. The van der Waals surface area contributed by atoms with E-state index in [1.807, 2.05) is 13.0 Å². The number of allylic oxidation sites excluding steroid dienone is 1. The predicted octanol–water partition coefficient (Wildman–Crippen LogP) is 6.60. The number of halogens is 1. The van der Waals surface area contributed by atoms with E-state index < -0.39 is 10.8 Å². The van der Waals surface area contributed by atoms with Crippen LogP contribution in [0.15, 0.2) is 71.4 Å². The summed E-state index contributed by atoms with van der Waals surface area (Å²) in [7, 11) is 1.36. The van der Waals surface area contributed by atoms with E-state index in [0.29, 0.717) is 34.8 Å². The number of rotatable bonds is 8. The summed E-state index contributed by atoms with van der Waals surface area (Å²) in [5.74, 6) is -0.0738. The summed E-state index contributed by atoms with van der Waals surface area (Å²) in [5, 5.41) is 14.5. The molecular formula is C27H23FN2O6. The maximum absolute atomic E-state index is 13.4. The van der Waals surface area contributed by atoms with Crippen LogP contribution in [0.1, 0.15) is 19.4 Å². The molecule has 0 spiro atoms. The number of carbonyl (C=O) groups excluding carboxylic acids is 1. The molecule has 0 saturated carbocycles. The van der Waals surface area contributed by atoms with Crippen LogP contribution < -0.4 is 14.8 Å². The van der Waals surface area contributed by atoms with Crippen LogP contribution in [0, 0.1) is 15.9 Å². The van der Waals surface area contributed by atoms with Crippen molar-refractivity contribution in [3.05, 3.63) is 88.4 Å². The largest absolute Gasteiger partial charge is 0.494 e. The van der Waals surface area contributed by atoms with Gasteiger partial charge in [0, 0.05) is 34.7 Å². The van der Waals surface area contributed by atoms with Crippen LogP contribution in [-0.2, 0) is 4.79 Å². The average Bonchev–Trinajstić information content (AvgIpc) is 3.27. The van der Waals surface area contributed by atoms with Gasteiger partial charge in [-0.15, -0.1) is 0 Å². The number of nitro groups is 1. The quantitative estimate of drug-likeness (QED) is 0.170. The number of amides is 1. The Morgan fingerprint density at radius 3 is 2.56 bits per heavy atom. The fourth-order valence-electron chi connectivity index (χ4n) is 3.83. The third-order valence-electron chi connectivity index (χ3n) is 5.56. The summed E-state index contributed by atoms with van der Waals surface area (Å²) < 4.78 is 30.1. The Morgan fingerprint density at radius 2 is 1.89 bits per heavy atom. The second kappa shape index (κ2) is 10.3. The SMILES string of the molecule is CCOc1cc2occ(-c3ccc(F)cc3)c2cc1/C(C)=C/C(=O)Nc1ccc([N+](=O)[O-])cc1OC. The van der Waals surface area contributed by atoms with Gasteiger partial charge in [-0.25, -0.2) is 4.39 Å². The highest BCUT2D eigenvalue weighted by Gasteiger charge is 2.17. The van der Waals surface area contributed by atoms with Crippen LogP contribution >= 0.6 is 0 Å². The van der Waals surface area contributed by atoms with Gasteiger partial charge in [-0.05, 0) is 49.2 Å². The third kappa shape index (κ3) is 5.05. The van der Waals surface area contributed by atoms with Crippen LogP contribution in [0.3, 0.4) is 0 Å². The molecule has 0 aliphatic heterocycles. The molecule has 0 radical (unpaired) electrons. The lowest BCUT2D eigenvalue weighted by atomic mass is 9.99. The van der Waals surface area contributed by atoms with Gasteiger partial charge < -0.3 is 19.2 Å². The van der Waals surface area contributed by atoms with Gasteiger partial charge in [0.25, 0.3) is 5.69 Å². The van der Waals surface area contributed by atoms with E-state index in [0.717, 1.165) is 16.5 Å². The van der Waals surface area contributed by atoms with E-state index >= 15 is 0 Å². The Bertz CT molecular complexity index is 1470. The van der Waals surface area contributed by atoms with Gasteiger partial charge in [0.05, 0.1) is 36.7 Å². The Kier molecular flexibility index (Phi) is 7.00. The summed E-state index contributed by atoms with van der Waals surface area (Å²) in [4.78, 5) is 23.3. The van der Waals surface area contributed by atoms with E-state index in [1.165, 1.54) is 43.5 Å². The molecule has 0 atom stereocenters. The molecule has 0 fully saturated rings. The summed E-state index contributed by atoms with van der Waals surface area (Å²) >= 11 is 0. The predicted molar refractivity (Wildman–Crippen MR) is 135 cm³/mol. The standard InChI is InChI=1S/C27H23FN2O6/c1-4-35-24-14-25-21(22(15-36-25)17-5-7-18(28)8-6-17)13-20(24)16(2)11-27(31)29-23-10-9-19(30(32)33)12-26(23)34-3/h5-15H,4H2,1-3H3,(H,29,31)/b16-11+. The molecule has 184 valence electrons. The number of nitrogens with zero attached hydrogens (tertiary/aromatic N) is 1. The molecule has 0 bridgehead atoms. The Hall–Kier alpha value is -4.66. The first-order chi connectivity index (χ1) is 17.3. The fourth-order valence-corrected chi connectivity index (χ4v) is 3.83. The number of anilines is 1. The fraction of sp³-hybridized carbons (Fsp3) is 0.148. The topological polar surface area (TPSA) is 104 Å². The molecule has 9 heteroatoms. The number of carbonyl (C=O) groups is 1. The zero-order valence-electron chi connectivity index (χ0n) is 19.8. The molecule has 3 aromatic carbocycles. The minimum Gasteiger partial charge on any atom is -0.494 e. The molecular weight excluding hydrogens is 467 g/mol. The van der Waals surface area contributed by atoms with Gasteiger partial charge in [-0.1, -0.05) is 12.1 Å². The molecule has 0 unspecified atom stereocenters. The molecule has 1 heterocycles. The van der Waals surface area contributed by atoms with Crippen LogP contribution in [0.2, 0.25) is 0 Å². The molecule has 36 heavy (non-hydrogen) atoms. The number of furan rings is 1. The molecule has 1 amide bonds. The highest BCUT2D eigenvalue weighted by atomic mass is 19.1. The lowest BCUT2D eigenvalue weighted by molar-refractivity contribution is -0.384. The van der Waals surface area contributed by atoms with Crippen LogP contribution in [0.25, 0.3) is 27.7 Å². The first-order valence-corrected chi connectivity index (χ1v) is 11.1. The molecule has 8 nitrogen and oxygen atoms in total. The van der Waals surface area contributed by atoms with Crippen molar-refractivity contribution in [2.75, 3.05) is 19.0 Å². The molecule has 0 aliphatic rings. The minimum absolute atomic E-state index is 0.150. The molecule has 1 N–H and O–H groups in total. The maximum Gasteiger partial charge on any atom is 0.273 e. The summed E-state index contributed by atoms with van der Waals surface area (Å²) in [6, 6.07) is 13.7. The number of methoxy groups -OCH3 is 1. The molecule has 4 rings (SSSR count). The molecule has 1 aromatic heterocycles. The summed E-state index contributed by atoms with van der Waals surface area (Å²) in [5.41, 5.74) is 3.60. The summed E-state index contributed by atoms with van der Waals surface area (Å²) in [6.45, 7) is 4.03. The second-order valence-corrected chi connectivity index (χ2v) is 7.89. The van der Waals surface area contributed by atoms with E-state index in [-0.39, 0.29) is 17.3 Å². The van der Waals surface area contributed by atoms with Crippen LogP contribution in [0.5, 0.6) is 11.5 Å². The monoisotopic (exact) mass is 490 g/mol.